The van der Waals surface area contributed by atoms with Gasteiger partial charge in [-0.25, -0.2) is 18.1 Å². The molecule has 1 N–H and O–H groups in total. The van der Waals surface area contributed by atoms with Crippen LogP contribution in [-0.4, -0.2) is 40.9 Å². The summed E-state index contributed by atoms with van der Waals surface area (Å²) in [5.74, 6) is 0.883. The number of nitrogens with zero attached hydrogens (tertiary/aromatic N) is 4. The Labute approximate surface area is 135 Å². The van der Waals surface area contributed by atoms with Crippen molar-refractivity contribution < 1.29 is 13.2 Å². The summed E-state index contributed by atoms with van der Waals surface area (Å²) in [6, 6.07) is 1.51. The number of aryl methyl sites for hydroxylation is 2. The maximum absolute atomic E-state index is 12.5. The minimum Gasteiger partial charge on any atom is -0.370 e. The van der Waals surface area contributed by atoms with Crippen LogP contribution in [0.25, 0.3) is 0 Å². The largest absolute Gasteiger partial charge is 0.370 e. The van der Waals surface area contributed by atoms with Gasteiger partial charge in [0.15, 0.2) is 5.03 Å². The summed E-state index contributed by atoms with van der Waals surface area (Å²) < 4.78 is 36.7. The molecule has 126 valence electrons. The van der Waals surface area contributed by atoms with Crippen molar-refractivity contribution in [2.24, 2.45) is 13.0 Å². The molecule has 0 aliphatic carbocycles. The summed E-state index contributed by atoms with van der Waals surface area (Å²) in [5.41, 5.74) is 0. The van der Waals surface area contributed by atoms with Crippen molar-refractivity contribution in [3.05, 3.63) is 30.5 Å². The molecule has 0 saturated carbocycles. The first kappa shape index (κ1) is 16.2. The highest BCUT2D eigenvalue weighted by molar-refractivity contribution is 7.89. The Morgan fingerprint density at radius 1 is 1.43 bits per heavy atom. The average molecular weight is 339 g/mol. The molecule has 0 radical (unpaired) electrons. The van der Waals surface area contributed by atoms with Gasteiger partial charge < -0.3 is 9.30 Å². The summed E-state index contributed by atoms with van der Waals surface area (Å²) in [7, 11) is -1.67. The van der Waals surface area contributed by atoms with E-state index in [2.05, 4.69) is 14.8 Å². The smallest absolute Gasteiger partial charge is 0.257 e. The summed E-state index contributed by atoms with van der Waals surface area (Å²) in [4.78, 5) is 4.32. The van der Waals surface area contributed by atoms with Crippen molar-refractivity contribution in [3.63, 3.8) is 0 Å². The van der Waals surface area contributed by atoms with Gasteiger partial charge in [0, 0.05) is 45.1 Å². The molecule has 1 aliphatic heterocycles. The standard InChI is InChI=1S/C14H21N5O3S/c1-3-19-12(4-6-16-19)23(20,21)17-10-11-5-9-22-13(11)14-15-7-8-18(14)2/h4,6-8,11,13,17H,3,5,9-10H2,1-2H3/t11-,13+/m0/s1. The van der Waals surface area contributed by atoms with Crippen LogP contribution in [0.15, 0.2) is 29.7 Å². The SMILES string of the molecule is CCn1nccc1S(=O)(=O)NC[C@@H]1CCO[C@H]1c1nccn1C. The van der Waals surface area contributed by atoms with Gasteiger partial charge in [-0.05, 0) is 19.4 Å². The third-order valence-corrected chi connectivity index (χ3v) is 5.56. The van der Waals surface area contributed by atoms with Crippen molar-refractivity contribution in [1.82, 2.24) is 24.1 Å². The van der Waals surface area contributed by atoms with E-state index in [0.717, 1.165) is 12.2 Å². The Kier molecular flexibility index (Phi) is 4.51. The fourth-order valence-electron chi connectivity index (χ4n) is 2.86. The number of hydrogen-bond acceptors (Lipinski definition) is 5. The molecule has 2 atom stereocenters. The number of nitrogens with one attached hydrogen (secondary N) is 1. The molecule has 0 unspecified atom stereocenters. The number of imidazole rings is 1. The van der Waals surface area contributed by atoms with Crippen molar-refractivity contribution in [1.29, 1.82) is 0 Å². The highest BCUT2D eigenvalue weighted by Gasteiger charge is 2.33. The maximum atomic E-state index is 12.5. The molecule has 23 heavy (non-hydrogen) atoms. The molecule has 0 aromatic carbocycles. The molecule has 0 spiro atoms. The molecular weight excluding hydrogens is 318 g/mol. The fourth-order valence-corrected chi connectivity index (χ4v) is 4.13. The number of rotatable bonds is 6. The molecule has 1 aliphatic rings. The van der Waals surface area contributed by atoms with E-state index < -0.39 is 10.0 Å². The number of hydrogen-bond donors (Lipinski definition) is 1. The topological polar surface area (TPSA) is 91.0 Å². The average Bonchev–Trinajstić information content (AvgIpc) is 3.24. The lowest BCUT2D eigenvalue weighted by molar-refractivity contribution is 0.0823. The molecule has 2 aromatic heterocycles. The minimum absolute atomic E-state index is 0.0591. The first-order valence-electron chi connectivity index (χ1n) is 7.63. The Morgan fingerprint density at radius 2 is 2.26 bits per heavy atom. The van der Waals surface area contributed by atoms with E-state index in [-0.39, 0.29) is 17.0 Å². The number of aromatic nitrogens is 4. The lowest BCUT2D eigenvalue weighted by atomic mass is 10.0. The van der Waals surface area contributed by atoms with Crippen LogP contribution in [0.5, 0.6) is 0 Å². The van der Waals surface area contributed by atoms with Gasteiger partial charge in [-0.3, -0.25) is 4.68 Å². The second-order valence-corrected chi connectivity index (χ2v) is 7.29. The van der Waals surface area contributed by atoms with E-state index in [1.807, 2.05) is 24.7 Å². The molecule has 8 nitrogen and oxygen atoms in total. The first-order chi connectivity index (χ1) is 11.0. The van der Waals surface area contributed by atoms with Gasteiger partial charge in [0.2, 0.25) is 0 Å². The highest BCUT2D eigenvalue weighted by Crippen LogP contribution is 2.33. The normalized spacial score (nSPS) is 21.8. The van der Waals surface area contributed by atoms with Crippen LogP contribution in [0, 0.1) is 5.92 Å². The van der Waals surface area contributed by atoms with E-state index in [1.165, 1.54) is 16.9 Å². The molecule has 1 saturated heterocycles. The third-order valence-electron chi connectivity index (χ3n) is 4.12. The Bertz CT molecular complexity index is 767. The van der Waals surface area contributed by atoms with Crippen LogP contribution in [0.2, 0.25) is 0 Å². The van der Waals surface area contributed by atoms with Gasteiger partial charge in [-0.1, -0.05) is 0 Å². The molecule has 1 fully saturated rings. The quantitative estimate of drug-likeness (QED) is 0.836. The number of sulfonamides is 1. The van der Waals surface area contributed by atoms with Gasteiger partial charge >= 0.3 is 0 Å². The van der Waals surface area contributed by atoms with E-state index in [1.54, 1.807) is 6.20 Å². The predicted molar refractivity (Wildman–Crippen MR) is 83.1 cm³/mol. The first-order valence-corrected chi connectivity index (χ1v) is 9.11. The lowest BCUT2D eigenvalue weighted by Gasteiger charge is -2.18. The molecule has 3 heterocycles. The molecule has 3 rings (SSSR count). The zero-order valence-electron chi connectivity index (χ0n) is 13.2. The zero-order valence-corrected chi connectivity index (χ0v) is 14.0. The molecule has 0 bridgehead atoms. The maximum Gasteiger partial charge on any atom is 0.257 e. The Balaban J connectivity index is 1.71. The van der Waals surface area contributed by atoms with Crippen LogP contribution in [0.3, 0.4) is 0 Å². The van der Waals surface area contributed by atoms with E-state index >= 15 is 0 Å². The summed E-state index contributed by atoms with van der Waals surface area (Å²) in [6.07, 6.45) is 5.69. The summed E-state index contributed by atoms with van der Waals surface area (Å²) >= 11 is 0. The van der Waals surface area contributed by atoms with Crippen molar-refractivity contribution >= 4 is 10.0 Å². The Hall–Kier alpha value is -1.71. The van der Waals surface area contributed by atoms with Crippen LogP contribution < -0.4 is 4.72 Å². The molecule has 0 amide bonds. The minimum atomic E-state index is -3.58. The van der Waals surface area contributed by atoms with Crippen molar-refractivity contribution in [3.8, 4) is 0 Å². The van der Waals surface area contributed by atoms with Crippen molar-refractivity contribution in [2.45, 2.75) is 31.0 Å². The van der Waals surface area contributed by atoms with Gasteiger partial charge in [0.05, 0.1) is 6.20 Å². The van der Waals surface area contributed by atoms with Crippen molar-refractivity contribution in [2.75, 3.05) is 13.2 Å². The second-order valence-electron chi connectivity index (χ2n) is 5.57. The van der Waals surface area contributed by atoms with Gasteiger partial charge in [0.25, 0.3) is 10.0 Å². The predicted octanol–water partition coefficient (Wildman–Crippen LogP) is 0.693. The fraction of sp³-hybridized carbons (Fsp3) is 0.571. The molecule has 2 aromatic rings. The van der Waals surface area contributed by atoms with E-state index in [0.29, 0.717) is 19.7 Å². The van der Waals surface area contributed by atoms with Crippen LogP contribution in [0.4, 0.5) is 0 Å². The van der Waals surface area contributed by atoms with Gasteiger partial charge in [0.1, 0.15) is 11.9 Å². The lowest BCUT2D eigenvalue weighted by Crippen LogP contribution is -2.32. The number of ether oxygens (including phenoxy) is 1. The highest BCUT2D eigenvalue weighted by atomic mass is 32.2. The zero-order chi connectivity index (χ0) is 16.4. The summed E-state index contributed by atoms with van der Waals surface area (Å²) in [5, 5.41) is 4.19. The summed E-state index contributed by atoms with van der Waals surface area (Å²) in [6.45, 7) is 3.28. The van der Waals surface area contributed by atoms with Gasteiger partial charge in [-0.15, -0.1) is 0 Å². The van der Waals surface area contributed by atoms with Crippen LogP contribution in [-0.2, 0) is 28.4 Å². The monoisotopic (exact) mass is 339 g/mol. The van der Waals surface area contributed by atoms with E-state index in [9.17, 15) is 8.42 Å². The van der Waals surface area contributed by atoms with Crippen LogP contribution in [0.1, 0.15) is 25.3 Å². The van der Waals surface area contributed by atoms with Gasteiger partial charge in [-0.2, -0.15) is 5.10 Å². The second kappa shape index (κ2) is 6.42. The van der Waals surface area contributed by atoms with E-state index in [4.69, 9.17) is 4.74 Å². The van der Waals surface area contributed by atoms with Crippen LogP contribution >= 0.6 is 0 Å². The molecule has 9 heteroatoms. The Morgan fingerprint density at radius 3 is 2.96 bits per heavy atom. The molecular formula is C14H21N5O3S. The third kappa shape index (κ3) is 3.17.